The van der Waals surface area contributed by atoms with Gasteiger partial charge >= 0.3 is 11.9 Å². The molecule has 1 atom stereocenters. The number of allylic oxidation sites excluding steroid dienone is 16. The molecule has 0 fully saturated rings. The van der Waals surface area contributed by atoms with Crippen LogP contribution >= 0.6 is 0 Å². The molecule has 0 rings (SSSR count). The molecule has 0 radical (unpaired) electrons. The molecule has 0 bridgehead atoms. The van der Waals surface area contributed by atoms with E-state index in [9.17, 15) is 14.7 Å². The number of aliphatic hydroxyl groups excluding tert-OH is 1. The number of unbranched alkanes of at least 4 members (excludes halogenated alkanes) is 29. The van der Waals surface area contributed by atoms with Crippen molar-refractivity contribution in [3.63, 3.8) is 0 Å². The fourth-order valence-electron chi connectivity index (χ4n) is 8.24. The van der Waals surface area contributed by atoms with Gasteiger partial charge in [-0.15, -0.1) is 0 Å². The van der Waals surface area contributed by atoms with E-state index in [0.29, 0.717) is 12.8 Å². The summed E-state index contributed by atoms with van der Waals surface area (Å²) in [6.07, 6.45) is 84.0. The van der Waals surface area contributed by atoms with E-state index >= 15 is 0 Å². The zero-order valence-electron chi connectivity index (χ0n) is 45.3. The minimum atomic E-state index is -0.776. The highest BCUT2D eigenvalue weighted by Gasteiger charge is 2.16. The zero-order chi connectivity index (χ0) is 49.9. The Hall–Kier alpha value is -3.18. The molecule has 0 aliphatic carbocycles. The summed E-state index contributed by atoms with van der Waals surface area (Å²) in [6, 6.07) is 0. The van der Waals surface area contributed by atoms with E-state index < -0.39 is 6.10 Å². The molecule has 0 aromatic rings. The van der Waals surface area contributed by atoms with E-state index in [1.165, 1.54) is 161 Å². The van der Waals surface area contributed by atoms with E-state index in [-0.39, 0.29) is 25.2 Å². The van der Waals surface area contributed by atoms with Crippen molar-refractivity contribution in [2.75, 3.05) is 13.2 Å². The molecule has 396 valence electrons. The van der Waals surface area contributed by atoms with Gasteiger partial charge in [0.15, 0.2) is 6.10 Å². The average Bonchev–Trinajstić information content (AvgIpc) is 3.35. The summed E-state index contributed by atoms with van der Waals surface area (Å²) in [5.41, 5.74) is 0. The molecule has 0 heterocycles. The number of carbonyl (C=O) groups is 2. The van der Waals surface area contributed by atoms with E-state index in [1.807, 2.05) is 0 Å². The van der Waals surface area contributed by atoms with Crippen LogP contribution in [0.5, 0.6) is 0 Å². The van der Waals surface area contributed by atoms with Gasteiger partial charge in [0.2, 0.25) is 0 Å². The normalized spacial score (nSPS) is 12.9. The van der Waals surface area contributed by atoms with Crippen molar-refractivity contribution in [1.82, 2.24) is 0 Å². The van der Waals surface area contributed by atoms with E-state index in [4.69, 9.17) is 9.47 Å². The fraction of sp³-hybridized carbons (Fsp3) is 0.719. The van der Waals surface area contributed by atoms with Gasteiger partial charge in [0.1, 0.15) is 6.61 Å². The van der Waals surface area contributed by atoms with Gasteiger partial charge in [0.25, 0.3) is 0 Å². The van der Waals surface area contributed by atoms with Gasteiger partial charge in [-0.05, 0) is 96.3 Å². The summed E-state index contributed by atoms with van der Waals surface area (Å²) in [4.78, 5) is 24.4. The molecule has 0 saturated carbocycles. The molecule has 0 saturated heterocycles. The highest BCUT2D eigenvalue weighted by molar-refractivity contribution is 5.70. The molecule has 0 aliphatic rings. The van der Waals surface area contributed by atoms with Crippen LogP contribution in [0.1, 0.15) is 277 Å². The second-order valence-electron chi connectivity index (χ2n) is 19.3. The van der Waals surface area contributed by atoms with Crippen LogP contribution in [-0.2, 0) is 19.1 Å². The maximum absolute atomic E-state index is 12.3. The molecular formula is C64H110O5. The van der Waals surface area contributed by atoms with Gasteiger partial charge in [-0.1, -0.05) is 265 Å². The number of hydrogen-bond donors (Lipinski definition) is 1. The second kappa shape index (κ2) is 59.1. The standard InChI is InChI=1S/C64H110O5/c1-3-5-7-9-11-13-15-17-19-20-21-22-23-24-25-26-27-28-29-30-31-32-33-34-35-36-37-38-39-40-41-42-43-44-45-47-49-51-53-55-57-59-64(67)69-62(60-65)61-68-63(66)58-56-54-52-50-48-46-18-16-14-12-10-8-6-4-2/h5,7,11,13,16-19,21-22,24-25,27-28,30-31,62,65H,3-4,6,8-10,12,14-15,20,23,26,29,32-61H2,1-2H3/b7-5-,13-11-,18-16-,19-17-,22-21-,25-24-,28-27-,31-30-. The summed E-state index contributed by atoms with van der Waals surface area (Å²) in [6.45, 7) is 4.02. The van der Waals surface area contributed by atoms with Gasteiger partial charge in [0, 0.05) is 12.8 Å². The number of hydrogen-bond acceptors (Lipinski definition) is 5. The largest absolute Gasteiger partial charge is 0.462 e. The van der Waals surface area contributed by atoms with Crippen LogP contribution in [0.15, 0.2) is 97.2 Å². The Morgan fingerprint density at radius 1 is 0.348 bits per heavy atom. The predicted octanol–water partition coefficient (Wildman–Crippen LogP) is 19.9. The first-order valence-corrected chi connectivity index (χ1v) is 29.3. The molecule has 0 aromatic carbocycles. The quantitative estimate of drug-likeness (QED) is 0.0374. The molecule has 5 nitrogen and oxygen atoms in total. The Morgan fingerprint density at radius 2 is 0.623 bits per heavy atom. The van der Waals surface area contributed by atoms with Crippen molar-refractivity contribution in [3.8, 4) is 0 Å². The summed E-state index contributed by atoms with van der Waals surface area (Å²) in [7, 11) is 0. The van der Waals surface area contributed by atoms with Gasteiger partial charge in [0.05, 0.1) is 6.61 Å². The summed E-state index contributed by atoms with van der Waals surface area (Å²) in [5.74, 6) is -0.594. The lowest BCUT2D eigenvalue weighted by Gasteiger charge is -2.15. The second-order valence-corrected chi connectivity index (χ2v) is 19.3. The van der Waals surface area contributed by atoms with Crippen LogP contribution in [-0.4, -0.2) is 36.4 Å². The van der Waals surface area contributed by atoms with Crippen molar-refractivity contribution >= 4 is 11.9 Å². The van der Waals surface area contributed by atoms with Crippen molar-refractivity contribution < 1.29 is 24.2 Å². The minimum Gasteiger partial charge on any atom is -0.462 e. The van der Waals surface area contributed by atoms with Crippen LogP contribution in [0.3, 0.4) is 0 Å². The highest BCUT2D eigenvalue weighted by atomic mass is 16.6. The Balaban J connectivity index is 3.46. The summed E-state index contributed by atoms with van der Waals surface area (Å²) < 4.78 is 10.7. The van der Waals surface area contributed by atoms with Crippen molar-refractivity contribution in [2.45, 2.75) is 283 Å². The Kier molecular flexibility index (Phi) is 56.4. The molecular weight excluding hydrogens is 849 g/mol. The number of carbonyl (C=O) groups excluding carboxylic acids is 2. The van der Waals surface area contributed by atoms with Crippen molar-refractivity contribution in [3.05, 3.63) is 97.2 Å². The van der Waals surface area contributed by atoms with Crippen LogP contribution < -0.4 is 0 Å². The Bertz CT molecular complexity index is 1310. The van der Waals surface area contributed by atoms with E-state index in [1.54, 1.807) is 0 Å². The van der Waals surface area contributed by atoms with Crippen LogP contribution in [0.2, 0.25) is 0 Å². The highest BCUT2D eigenvalue weighted by Crippen LogP contribution is 2.16. The maximum atomic E-state index is 12.3. The average molecular weight is 960 g/mol. The molecule has 0 spiro atoms. The van der Waals surface area contributed by atoms with Crippen LogP contribution in [0.4, 0.5) is 0 Å². The van der Waals surface area contributed by atoms with Crippen LogP contribution in [0, 0.1) is 0 Å². The summed E-state index contributed by atoms with van der Waals surface area (Å²) in [5, 5.41) is 9.63. The minimum absolute atomic E-state index is 0.0698. The first-order chi connectivity index (χ1) is 34.1. The van der Waals surface area contributed by atoms with Crippen molar-refractivity contribution in [2.24, 2.45) is 0 Å². The first-order valence-electron chi connectivity index (χ1n) is 29.3. The third kappa shape index (κ3) is 57.3. The molecule has 0 amide bonds. The smallest absolute Gasteiger partial charge is 0.306 e. The van der Waals surface area contributed by atoms with Crippen LogP contribution in [0.25, 0.3) is 0 Å². The van der Waals surface area contributed by atoms with E-state index in [0.717, 1.165) is 89.9 Å². The molecule has 1 N–H and O–H groups in total. The zero-order valence-corrected chi connectivity index (χ0v) is 45.3. The van der Waals surface area contributed by atoms with Gasteiger partial charge < -0.3 is 14.6 Å². The third-order valence-corrected chi connectivity index (χ3v) is 12.6. The molecule has 1 unspecified atom stereocenters. The van der Waals surface area contributed by atoms with Gasteiger partial charge in [-0.25, -0.2) is 0 Å². The van der Waals surface area contributed by atoms with Crippen molar-refractivity contribution in [1.29, 1.82) is 0 Å². The van der Waals surface area contributed by atoms with Gasteiger partial charge in [-0.2, -0.15) is 0 Å². The van der Waals surface area contributed by atoms with E-state index in [2.05, 4.69) is 111 Å². The Morgan fingerprint density at radius 3 is 0.957 bits per heavy atom. The lowest BCUT2D eigenvalue weighted by atomic mass is 10.0. The predicted molar refractivity (Wildman–Crippen MR) is 302 cm³/mol. The fourth-order valence-corrected chi connectivity index (χ4v) is 8.24. The monoisotopic (exact) mass is 959 g/mol. The molecule has 0 aliphatic heterocycles. The number of rotatable bonds is 53. The lowest BCUT2D eigenvalue weighted by molar-refractivity contribution is -0.161. The topological polar surface area (TPSA) is 72.8 Å². The maximum Gasteiger partial charge on any atom is 0.306 e. The third-order valence-electron chi connectivity index (χ3n) is 12.6. The number of esters is 2. The van der Waals surface area contributed by atoms with Gasteiger partial charge in [-0.3, -0.25) is 9.59 Å². The molecule has 0 aromatic heterocycles. The number of aliphatic hydroxyl groups is 1. The Labute approximate surface area is 428 Å². The number of ether oxygens (including phenoxy) is 2. The first kappa shape index (κ1) is 65.8. The molecule has 5 heteroatoms. The summed E-state index contributed by atoms with van der Waals surface area (Å²) >= 11 is 0. The SMILES string of the molecule is CC/C=C\C/C=C\C/C=C\C/C=C\C/C=C\C/C=C\C/C=C\CCCCCCCCCCCCCCCCCCCCCC(=O)OC(CO)COC(=O)CCCCCCC/C=C\CCCCCCC. The lowest BCUT2D eigenvalue weighted by Crippen LogP contribution is -2.28. The molecule has 69 heavy (non-hydrogen) atoms.